The van der Waals surface area contributed by atoms with Crippen molar-refractivity contribution >= 4 is 10.0 Å². The zero-order valence-electron chi connectivity index (χ0n) is 13.1. The number of benzene rings is 1. The topological polar surface area (TPSA) is 76.1 Å². The van der Waals surface area contributed by atoms with E-state index in [0.29, 0.717) is 5.75 Å². The molecule has 7 heteroatoms. The van der Waals surface area contributed by atoms with Crippen molar-refractivity contribution in [3.8, 4) is 11.5 Å². The predicted molar refractivity (Wildman–Crippen MR) is 80.3 cm³/mol. The zero-order chi connectivity index (χ0) is 16.3. The third-order valence-corrected chi connectivity index (χ3v) is 4.86. The lowest BCUT2D eigenvalue weighted by Gasteiger charge is -2.28. The lowest BCUT2D eigenvalue weighted by molar-refractivity contribution is 0.0601. The molecule has 0 aromatic heterocycles. The van der Waals surface area contributed by atoms with E-state index >= 15 is 0 Å². The third kappa shape index (κ3) is 4.33. The van der Waals surface area contributed by atoms with Crippen molar-refractivity contribution < 1.29 is 23.0 Å². The minimum Gasteiger partial charge on any atom is -0.497 e. The molecule has 1 rings (SSSR count). The van der Waals surface area contributed by atoms with Crippen LogP contribution in [0.5, 0.6) is 11.5 Å². The first kappa shape index (κ1) is 17.7. The van der Waals surface area contributed by atoms with E-state index in [2.05, 4.69) is 0 Å². The Kier molecular flexibility index (Phi) is 5.61. The monoisotopic (exact) mass is 317 g/mol. The van der Waals surface area contributed by atoms with Crippen LogP contribution in [0.25, 0.3) is 0 Å². The summed E-state index contributed by atoms with van der Waals surface area (Å²) >= 11 is 0. The van der Waals surface area contributed by atoms with Gasteiger partial charge in [-0.25, -0.2) is 8.42 Å². The minimum absolute atomic E-state index is 0.00101. The summed E-state index contributed by atoms with van der Waals surface area (Å²) < 4.78 is 36.9. The summed E-state index contributed by atoms with van der Waals surface area (Å²) in [6.07, 6.45) is 0. The van der Waals surface area contributed by atoms with Gasteiger partial charge in [-0.05, 0) is 26.0 Å². The molecule has 0 unspecified atom stereocenters. The molecule has 1 aromatic carbocycles. The fraction of sp³-hybridized carbons (Fsp3) is 0.571. The molecular formula is C14H23NO5S. The molecule has 0 bridgehead atoms. The van der Waals surface area contributed by atoms with Gasteiger partial charge in [0, 0.05) is 19.2 Å². The smallest absolute Gasteiger partial charge is 0.246 e. The van der Waals surface area contributed by atoms with Gasteiger partial charge >= 0.3 is 0 Å². The Morgan fingerprint density at radius 1 is 1.24 bits per heavy atom. The van der Waals surface area contributed by atoms with Gasteiger partial charge in [-0.1, -0.05) is 6.92 Å². The van der Waals surface area contributed by atoms with Crippen LogP contribution < -0.4 is 9.47 Å². The molecule has 6 nitrogen and oxygen atoms in total. The van der Waals surface area contributed by atoms with E-state index in [-0.39, 0.29) is 23.7 Å². The summed E-state index contributed by atoms with van der Waals surface area (Å²) in [4.78, 5) is 0.0527. The van der Waals surface area contributed by atoms with Crippen molar-refractivity contribution in [3.05, 3.63) is 18.2 Å². The van der Waals surface area contributed by atoms with Gasteiger partial charge in [0.2, 0.25) is 10.0 Å². The van der Waals surface area contributed by atoms with Gasteiger partial charge in [0.25, 0.3) is 0 Å². The van der Waals surface area contributed by atoms with Crippen LogP contribution in [-0.2, 0) is 10.0 Å². The minimum atomic E-state index is -3.76. The average molecular weight is 317 g/mol. The summed E-state index contributed by atoms with van der Waals surface area (Å²) in [6, 6.07) is 4.53. The second-order valence-electron chi connectivity index (χ2n) is 5.26. The average Bonchev–Trinajstić information content (AvgIpc) is 2.42. The second-order valence-corrected chi connectivity index (χ2v) is 7.17. The maximum atomic E-state index is 12.7. The van der Waals surface area contributed by atoms with Crippen molar-refractivity contribution in [1.29, 1.82) is 0 Å². The Bertz CT molecular complexity index is 578. The SMILES string of the molecule is CCN(CC(C)(C)O)S(=O)(=O)c1ccc(OC)cc1OC. The number of aliphatic hydroxyl groups is 1. The van der Waals surface area contributed by atoms with E-state index in [1.165, 1.54) is 30.7 Å². The fourth-order valence-electron chi connectivity index (χ4n) is 1.93. The molecule has 0 atom stereocenters. The molecule has 0 saturated carbocycles. The van der Waals surface area contributed by atoms with E-state index in [0.717, 1.165) is 0 Å². The van der Waals surface area contributed by atoms with Crippen LogP contribution in [0.15, 0.2) is 23.1 Å². The first-order valence-electron chi connectivity index (χ1n) is 6.60. The van der Waals surface area contributed by atoms with Crippen LogP contribution in [0.2, 0.25) is 0 Å². The van der Waals surface area contributed by atoms with Crippen molar-refractivity contribution in [1.82, 2.24) is 4.31 Å². The first-order chi connectivity index (χ1) is 9.65. The molecule has 0 amide bonds. The van der Waals surface area contributed by atoms with Gasteiger partial charge in [-0.2, -0.15) is 4.31 Å². The van der Waals surface area contributed by atoms with Crippen LogP contribution in [0, 0.1) is 0 Å². The second kappa shape index (κ2) is 6.64. The summed E-state index contributed by atoms with van der Waals surface area (Å²) in [6.45, 7) is 5.11. The molecule has 1 N–H and O–H groups in total. The maximum absolute atomic E-state index is 12.7. The van der Waals surface area contributed by atoms with Gasteiger partial charge in [-0.3, -0.25) is 0 Å². The van der Waals surface area contributed by atoms with Gasteiger partial charge in [0.05, 0.1) is 19.8 Å². The van der Waals surface area contributed by atoms with Crippen LogP contribution >= 0.6 is 0 Å². The molecule has 0 aliphatic rings. The lowest BCUT2D eigenvalue weighted by atomic mass is 10.1. The summed E-state index contributed by atoms with van der Waals surface area (Å²) in [5.74, 6) is 0.722. The highest BCUT2D eigenvalue weighted by molar-refractivity contribution is 7.89. The molecular weight excluding hydrogens is 294 g/mol. The van der Waals surface area contributed by atoms with Crippen LogP contribution in [0.4, 0.5) is 0 Å². The molecule has 21 heavy (non-hydrogen) atoms. The van der Waals surface area contributed by atoms with Gasteiger partial charge in [-0.15, -0.1) is 0 Å². The van der Waals surface area contributed by atoms with E-state index in [9.17, 15) is 13.5 Å². The van der Waals surface area contributed by atoms with Gasteiger partial charge in [0.1, 0.15) is 16.4 Å². The molecule has 0 aliphatic carbocycles. The molecule has 0 fully saturated rings. The number of hydrogen-bond donors (Lipinski definition) is 1. The molecule has 0 aliphatic heterocycles. The molecule has 1 aromatic rings. The Hall–Kier alpha value is -1.31. The highest BCUT2D eigenvalue weighted by atomic mass is 32.2. The van der Waals surface area contributed by atoms with E-state index in [1.54, 1.807) is 26.8 Å². The number of methoxy groups -OCH3 is 2. The van der Waals surface area contributed by atoms with Crippen molar-refractivity contribution in [3.63, 3.8) is 0 Å². The van der Waals surface area contributed by atoms with Crippen molar-refractivity contribution in [2.75, 3.05) is 27.3 Å². The van der Waals surface area contributed by atoms with Gasteiger partial charge in [0.15, 0.2) is 0 Å². The highest BCUT2D eigenvalue weighted by Gasteiger charge is 2.30. The van der Waals surface area contributed by atoms with Crippen LogP contribution in [-0.4, -0.2) is 50.7 Å². The summed E-state index contributed by atoms with van der Waals surface area (Å²) in [7, 11) is -0.861. The Balaban J connectivity index is 3.28. The zero-order valence-corrected chi connectivity index (χ0v) is 13.9. The molecule has 120 valence electrons. The number of sulfonamides is 1. The number of ether oxygens (including phenoxy) is 2. The first-order valence-corrected chi connectivity index (χ1v) is 8.04. The van der Waals surface area contributed by atoms with E-state index in [4.69, 9.17) is 9.47 Å². The lowest BCUT2D eigenvalue weighted by Crippen LogP contribution is -2.42. The van der Waals surface area contributed by atoms with E-state index < -0.39 is 15.6 Å². The van der Waals surface area contributed by atoms with Crippen LogP contribution in [0.3, 0.4) is 0 Å². The number of likely N-dealkylation sites (N-methyl/N-ethyl adjacent to an activating group) is 1. The normalized spacial score (nSPS) is 12.5. The van der Waals surface area contributed by atoms with Gasteiger partial charge < -0.3 is 14.6 Å². The maximum Gasteiger partial charge on any atom is 0.246 e. The number of hydrogen-bond acceptors (Lipinski definition) is 5. The Labute approximate surface area is 126 Å². The van der Waals surface area contributed by atoms with Crippen molar-refractivity contribution in [2.45, 2.75) is 31.3 Å². The summed E-state index contributed by atoms with van der Waals surface area (Å²) in [5.41, 5.74) is -1.12. The van der Waals surface area contributed by atoms with Crippen molar-refractivity contribution in [2.24, 2.45) is 0 Å². The predicted octanol–water partition coefficient (Wildman–Crippen LogP) is 1.49. The molecule has 0 spiro atoms. The third-order valence-electron chi connectivity index (χ3n) is 2.90. The fourth-order valence-corrected chi connectivity index (χ4v) is 3.67. The largest absolute Gasteiger partial charge is 0.497 e. The quantitative estimate of drug-likeness (QED) is 0.824. The Morgan fingerprint density at radius 3 is 2.29 bits per heavy atom. The molecule has 0 radical (unpaired) electrons. The van der Waals surface area contributed by atoms with Crippen LogP contribution in [0.1, 0.15) is 20.8 Å². The standard InChI is InChI=1S/C14H23NO5S/c1-6-15(10-14(2,3)16)21(17,18)13-8-7-11(19-4)9-12(13)20-5/h7-9,16H,6,10H2,1-5H3. The Morgan fingerprint density at radius 2 is 1.86 bits per heavy atom. The molecule has 0 heterocycles. The molecule has 0 saturated heterocycles. The highest BCUT2D eigenvalue weighted by Crippen LogP contribution is 2.31. The number of rotatable bonds is 7. The summed E-state index contributed by atoms with van der Waals surface area (Å²) in [5, 5.41) is 9.88. The number of nitrogens with zero attached hydrogens (tertiary/aromatic N) is 1. The van der Waals surface area contributed by atoms with E-state index in [1.807, 2.05) is 0 Å².